The van der Waals surface area contributed by atoms with Gasteiger partial charge in [-0.15, -0.1) is 17.9 Å². The number of aromatic nitrogens is 1. The Hall–Kier alpha value is -3.54. The fourth-order valence-electron chi connectivity index (χ4n) is 3.31. The number of hydrogen-bond acceptors (Lipinski definition) is 7. The lowest BCUT2D eigenvalue weighted by Crippen LogP contribution is -2.38. The average molecular weight is 499 g/mol. The van der Waals surface area contributed by atoms with Crippen molar-refractivity contribution in [3.05, 3.63) is 66.1 Å². The van der Waals surface area contributed by atoms with Crippen molar-refractivity contribution in [2.75, 3.05) is 37.5 Å². The number of nitrogens with one attached hydrogen (secondary N) is 1. The van der Waals surface area contributed by atoms with Gasteiger partial charge in [-0.2, -0.15) is 0 Å². The third-order valence-corrected chi connectivity index (χ3v) is 7.72. The van der Waals surface area contributed by atoms with Gasteiger partial charge in [-0.25, -0.2) is 17.7 Å². The van der Waals surface area contributed by atoms with Gasteiger partial charge in [0.1, 0.15) is 5.75 Å². The Balaban J connectivity index is 1.52. The van der Waals surface area contributed by atoms with Gasteiger partial charge in [0.05, 0.1) is 16.3 Å². The summed E-state index contributed by atoms with van der Waals surface area (Å²) in [5, 5.41) is 4.92. The Kier molecular flexibility index (Phi) is 6.51. The SMILES string of the molecule is C=CCN1C(=O)COc2ccc(-c3csc(NC(=O)c4ccc(S(=O)(=O)N(C)C)cc4)n3)cc21. The molecular weight excluding hydrogens is 476 g/mol. The van der Waals surface area contributed by atoms with Crippen molar-refractivity contribution in [1.29, 1.82) is 0 Å². The normalized spacial score (nSPS) is 13.4. The van der Waals surface area contributed by atoms with Crippen molar-refractivity contribution >= 4 is 44.0 Å². The molecule has 2 amide bonds. The average Bonchev–Trinajstić information content (AvgIpc) is 3.29. The summed E-state index contributed by atoms with van der Waals surface area (Å²) in [5.41, 5.74) is 2.34. The van der Waals surface area contributed by atoms with E-state index in [0.29, 0.717) is 34.4 Å². The molecule has 0 spiro atoms. The molecule has 0 atom stereocenters. The highest BCUT2D eigenvalue weighted by Gasteiger charge is 2.25. The van der Waals surface area contributed by atoms with Gasteiger partial charge in [-0.1, -0.05) is 6.08 Å². The number of hydrogen-bond donors (Lipinski definition) is 1. The van der Waals surface area contributed by atoms with E-state index in [1.807, 2.05) is 12.1 Å². The monoisotopic (exact) mass is 498 g/mol. The van der Waals surface area contributed by atoms with Gasteiger partial charge >= 0.3 is 0 Å². The Morgan fingerprint density at radius 1 is 1.26 bits per heavy atom. The largest absolute Gasteiger partial charge is 0.482 e. The van der Waals surface area contributed by atoms with Crippen LogP contribution >= 0.6 is 11.3 Å². The maximum atomic E-state index is 12.6. The molecule has 1 aromatic heterocycles. The van der Waals surface area contributed by atoms with Crippen molar-refractivity contribution in [2.45, 2.75) is 4.90 Å². The fraction of sp³-hybridized carbons (Fsp3) is 0.174. The summed E-state index contributed by atoms with van der Waals surface area (Å²) in [4.78, 5) is 31.0. The summed E-state index contributed by atoms with van der Waals surface area (Å²) in [6.45, 7) is 4.05. The Bertz CT molecular complexity index is 1360. The molecule has 0 aliphatic carbocycles. The predicted molar refractivity (Wildman–Crippen MR) is 131 cm³/mol. The number of amides is 2. The Morgan fingerprint density at radius 2 is 2.00 bits per heavy atom. The fourth-order valence-corrected chi connectivity index (χ4v) is 4.93. The zero-order valence-corrected chi connectivity index (χ0v) is 20.1. The number of sulfonamides is 1. The smallest absolute Gasteiger partial charge is 0.265 e. The molecule has 0 radical (unpaired) electrons. The molecule has 1 N–H and O–H groups in total. The third-order valence-electron chi connectivity index (χ3n) is 5.13. The zero-order valence-electron chi connectivity index (χ0n) is 18.5. The summed E-state index contributed by atoms with van der Waals surface area (Å²) < 4.78 is 31.0. The van der Waals surface area contributed by atoms with E-state index in [4.69, 9.17) is 4.74 Å². The number of ether oxygens (including phenoxy) is 1. The van der Waals surface area contributed by atoms with Crippen LogP contribution < -0.4 is 15.0 Å². The summed E-state index contributed by atoms with van der Waals surface area (Å²) in [5.74, 6) is 0.0464. The molecule has 2 heterocycles. The van der Waals surface area contributed by atoms with Crippen LogP contribution in [0.25, 0.3) is 11.3 Å². The van der Waals surface area contributed by atoms with Crippen LogP contribution in [0.3, 0.4) is 0 Å². The van der Waals surface area contributed by atoms with Crippen LogP contribution in [0.4, 0.5) is 10.8 Å². The number of carbonyl (C=O) groups is 2. The number of fused-ring (bicyclic) bond motifs is 1. The summed E-state index contributed by atoms with van der Waals surface area (Å²) in [7, 11) is -0.681. The van der Waals surface area contributed by atoms with Crippen LogP contribution in [0.15, 0.2) is 65.4 Å². The van der Waals surface area contributed by atoms with Crippen molar-refractivity contribution in [1.82, 2.24) is 9.29 Å². The molecule has 34 heavy (non-hydrogen) atoms. The van der Waals surface area contributed by atoms with Crippen molar-refractivity contribution < 1.29 is 22.7 Å². The second-order valence-electron chi connectivity index (χ2n) is 7.57. The number of nitrogens with zero attached hydrogens (tertiary/aromatic N) is 3. The predicted octanol–water partition coefficient (Wildman–Crippen LogP) is 3.22. The standard InChI is InChI=1S/C23H22N4O5S2/c1-4-11-27-19-12-16(7-10-20(19)32-13-21(27)28)18-14-33-23(24-18)25-22(29)15-5-8-17(9-6-15)34(30,31)26(2)3/h4-10,12,14H,1,11,13H2,2-3H3,(H,24,25,29). The van der Waals surface area contributed by atoms with E-state index in [1.165, 1.54) is 49.7 Å². The van der Waals surface area contributed by atoms with Crippen LogP contribution in [0.2, 0.25) is 0 Å². The maximum absolute atomic E-state index is 12.6. The topological polar surface area (TPSA) is 109 Å². The van der Waals surface area contributed by atoms with Crippen molar-refractivity contribution in [3.8, 4) is 17.0 Å². The molecule has 0 bridgehead atoms. The molecule has 0 fully saturated rings. The van der Waals surface area contributed by atoms with Gasteiger partial charge in [-0.3, -0.25) is 14.9 Å². The van der Waals surface area contributed by atoms with Crippen molar-refractivity contribution in [3.63, 3.8) is 0 Å². The molecule has 176 valence electrons. The van der Waals surface area contributed by atoms with Crippen LogP contribution in [0.5, 0.6) is 5.75 Å². The first-order valence-corrected chi connectivity index (χ1v) is 12.5. The molecule has 0 saturated carbocycles. The van der Waals surface area contributed by atoms with Gasteiger partial charge in [0.2, 0.25) is 10.0 Å². The highest BCUT2D eigenvalue weighted by Crippen LogP contribution is 2.36. The van der Waals surface area contributed by atoms with E-state index in [2.05, 4.69) is 16.9 Å². The van der Waals surface area contributed by atoms with Crippen LogP contribution in [-0.4, -0.2) is 56.8 Å². The number of thiazole rings is 1. The van der Waals surface area contributed by atoms with Crippen molar-refractivity contribution in [2.24, 2.45) is 0 Å². The van der Waals surface area contributed by atoms with E-state index >= 15 is 0 Å². The lowest BCUT2D eigenvalue weighted by Gasteiger charge is -2.28. The molecule has 4 rings (SSSR count). The van der Waals surface area contributed by atoms with E-state index in [0.717, 1.165) is 9.87 Å². The molecule has 1 aliphatic heterocycles. The van der Waals surface area contributed by atoms with E-state index in [9.17, 15) is 18.0 Å². The van der Waals surface area contributed by atoms with Crippen LogP contribution in [0.1, 0.15) is 10.4 Å². The van der Waals surface area contributed by atoms with E-state index in [1.54, 1.807) is 22.4 Å². The van der Waals surface area contributed by atoms with E-state index in [-0.39, 0.29) is 17.4 Å². The number of rotatable bonds is 7. The third kappa shape index (κ3) is 4.58. The minimum Gasteiger partial charge on any atom is -0.482 e. The number of anilines is 2. The molecule has 1 aliphatic rings. The lowest BCUT2D eigenvalue weighted by molar-refractivity contribution is -0.121. The number of carbonyl (C=O) groups excluding carboxylic acids is 2. The highest BCUT2D eigenvalue weighted by atomic mass is 32.2. The van der Waals surface area contributed by atoms with Gasteiger partial charge in [0.25, 0.3) is 11.8 Å². The molecule has 9 nitrogen and oxygen atoms in total. The molecular formula is C23H22N4O5S2. The lowest BCUT2D eigenvalue weighted by atomic mass is 10.1. The second-order valence-corrected chi connectivity index (χ2v) is 10.6. The van der Waals surface area contributed by atoms with E-state index < -0.39 is 15.9 Å². The summed E-state index contributed by atoms with van der Waals surface area (Å²) in [6, 6.07) is 11.1. The molecule has 2 aromatic carbocycles. The minimum atomic E-state index is -3.57. The molecule has 0 saturated heterocycles. The summed E-state index contributed by atoms with van der Waals surface area (Å²) in [6.07, 6.45) is 1.65. The van der Waals surface area contributed by atoms with Gasteiger partial charge < -0.3 is 9.64 Å². The molecule has 0 unspecified atom stereocenters. The quantitative estimate of drug-likeness (QED) is 0.501. The Morgan fingerprint density at radius 3 is 2.68 bits per heavy atom. The highest BCUT2D eigenvalue weighted by molar-refractivity contribution is 7.89. The van der Waals surface area contributed by atoms with Crippen LogP contribution in [0, 0.1) is 0 Å². The molecule has 3 aromatic rings. The number of benzene rings is 2. The second kappa shape index (κ2) is 9.37. The van der Waals surface area contributed by atoms with Crippen LogP contribution in [-0.2, 0) is 14.8 Å². The maximum Gasteiger partial charge on any atom is 0.265 e. The van der Waals surface area contributed by atoms with Gasteiger partial charge in [0.15, 0.2) is 11.7 Å². The van der Waals surface area contributed by atoms with Gasteiger partial charge in [-0.05, 0) is 42.5 Å². The Labute approximate surface area is 201 Å². The zero-order chi connectivity index (χ0) is 24.5. The van der Waals surface area contributed by atoms with Gasteiger partial charge in [0, 0.05) is 37.1 Å². The first-order valence-electron chi connectivity index (χ1n) is 10.2. The minimum absolute atomic E-state index is 0.0187. The first kappa shape index (κ1) is 23.6. The molecule has 11 heteroatoms. The summed E-state index contributed by atoms with van der Waals surface area (Å²) >= 11 is 1.25. The first-order chi connectivity index (χ1) is 16.2.